The molecule has 0 amide bonds. The molecule has 0 aliphatic carbocycles. The van der Waals surface area contributed by atoms with Gasteiger partial charge in [0.05, 0.1) is 19.1 Å². The lowest BCUT2D eigenvalue weighted by Gasteiger charge is -2.18. The maximum atomic E-state index is 14.2. The fourth-order valence-corrected chi connectivity index (χ4v) is 2.22. The van der Waals surface area contributed by atoms with E-state index in [9.17, 15) is 18.8 Å². The molecular weight excluding hydrogens is 300 g/mol. The fourth-order valence-electron chi connectivity index (χ4n) is 2.22. The van der Waals surface area contributed by atoms with Crippen LogP contribution in [-0.2, 0) is 0 Å². The molecule has 0 saturated heterocycles. The molecular formula is C18H15F2NO2. The molecule has 0 radical (unpaired) electrons. The van der Waals surface area contributed by atoms with Crippen LogP contribution < -0.4 is 4.74 Å². The van der Waals surface area contributed by atoms with Crippen LogP contribution in [0.3, 0.4) is 0 Å². The van der Waals surface area contributed by atoms with Crippen LogP contribution in [-0.4, -0.2) is 18.8 Å². The maximum Gasteiger partial charge on any atom is 0.311 e. The Bertz CT molecular complexity index is 706. The van der Waals surface area contributed by atoms with Crippen molar-refractivity contribution in [2.24, 2.45) is 0 Å². The number of halogens is 2. The summed E-state index contributed by atoms with van der Waals surface area (Å²) in [7, 11) is 1.49. The highest BCUT2D eigenvalue weighted by Crippen LogP contribution is 2.33. The zero-order valence-corrected chi connectivity index (χ0v) is 12.5. The fraction of sp³-hybridized carbons (Fsp3) is 0.222. The average molecular weight is 315 g/mol. The molecule has 0 aliphatic rings. The molecule has 0 unspecified atom stereocenters. The normalized spacial score (nSPS) is 12.3. The first-order chi connectivity index (χ1) is 11.0. The van der Waals surface area contributed by atoms with E-state index in [0.29, 0.717) is 11.3 Å². The molecule has 0 N–H and O–H groups in total. The summed E-state index contributed by atoms with van der Waals surface area (Å²) in [5.74, 6) is -5.39. The summed E-state index contributed by atoms with van der Waals surface area (Å²) < 4.78 is 33.5. The zero-order chi connectivity index (χ0) is 16.9. The molecule has 0 aliphatic heterocycles. The third-order valence-electron chi connectivity index (χ3n) is 3.50. The van der Waals surface area contributed by atoms with Crippen molar-refractivity contribution in [1.82, 2.24) is 0 Å². The molecule has 2 rings (SSSR count). The van der Waals surface area contributed by atoms with Crippen LogP contribution in [0.2, 0.25) is 0 Å². The predicted octanol–water partition coefficient (Wildman–Crippen LogP) is 4.21. The lowest BCUT2D eigenvalue weighted by Crippen LogP contribution is -2.30. The molecule has 0 fully saturated rings. The Morgan fingerprint density at radius 2 is 1.78 bits per heavy atom. The highest BCUT2D eigenvalue weighted by molar-refractivity contribution is 6.01. The predicted molar refractivity (Wildman–Crippen MR) is 81.7 cm³/mol. The van der Waals surface area contributed by atoms with Gasteiger partial charge in [-0.3, -0.25) is 4.79 Å². The standard InChI is InChI=1S/C18H15F2NO2/c1-23-16-9-7-13(8-10-16)15(12-21)11-18(19,20)17(22)14-5-3-2-4-6-14/h2-10,15H,11H2,1H3/t15-/m1/s1. The first-order valence-electron chi connectivity index (χ1n) is 6.99. The van der Waals surface area contributed by atoms with Gasteiger partial charge in [-0.15, -0.1) is 0 Å². The van der Waals surface area contributed by atoms with E-state index in [4.69, 9.17) is 4.74 Å². The second-order valence-corrected chi connectivity index (χ2v) is 5.06. The summed E-state index contributed by atoms with van der Waals surface area (Å²) in [4.78, 5) is 12.0. The Hall–Kier alpha value is -2.74. The Morgan fingerprint density at radius 3 is 2.30 bits per heavy atom. The van der Waals surface area contributed by atoms with Crippen LogP contribution in [0, 0.1) is 11.3 Å². The van der Waals surface area contributed by atoms with Gasteiger partial charge in [-0.05, 0) is 17.7 Å². The van der Waals surface area contributed by atoms with Gasteiger partial charge in [0.1, 0.15) is 5.75 Å². The molecule has 118 valence electrons. The Labute approximate surface area is 133 Å². The zero-order valence-electron chi connectivity index (χ0n) is 12.5. The van der Waals surface area contributed by atoms with E-state index >= 15 is 0 Å². The third-order valence-corrected chi connectivity index (χ3v) is 3.50. The van der Waals surface area contributed by atoms with Crippen molar-refractivity contribution in [3.05, 3.63) is 65.7 Å². The van der Waals surface area contributed by atoms with E-state index in [0.717, 1.165) is 0 Å². The molecule has 3 nitrogen and oxygen atoms in total. The smallest absolute Gasteiger partial charge is 0.311 e. The van der Waals surface area contributed by atoms with E-state index in [-0.39, 0.29) is 5.56 Å². The van der Waals surface area contributed by atoms with Gasteiger partial charge in [0, 0.05) is 12.0 Å². The van der Waals surface area contributed by atoms with E-state index < -0.39 is 24.0 Å². The first-order valence-corrected chi connectivity index (χ1v) is 6.99. The summed E-state index contributed by atoms with van der Waals surface area (Å²) in [5.41, 5.74) is 0.359. The molecule has 0 spiro atoms. The number of methoxy groups -OCH3 is 1. The van der Waals surface area contributed by atoms with Crippen molar-refractivity contribution in [3.63, 3.8) is 0 Å². The molecule has 1 atom stereocenters. The Kier molecular flexibility index (Phi) is 5.07. The van der Waals surface area contributed by atoms with Gasteiger partial charge in [-0.2, -0.15) is 14.0 Å². The molecule has 23 heavy (non-hydrogen) atoms. The second kappa shape index (κ2) is 7.01. The minimum Gasteiger partial charge on any atom is -0.497 e. The molecule has 2 aromatic rings. The van der Waals surface area contributed by atoms with Gasteiger partial charge in [-0.1, -0.05) is 42.5 Å². The number of nitriles is 1. The number of nitrogens with zero attached hydrogens (tertiary/aromatic N) is 1. The van der Waals surface area contributed by atoms with Crippen molar-refractivity contribution in [3.8, 4) is 11.8 Å². The van der Waals surface area contributed by atoms with Crippen LogP contribution in [0.15, 0.2) is 54.6 Å². The minimum absolute atomic E-state index is 0.0658. The third kappa shape index (κ3) is 3.92. The quantitative estimate of drug-likeness (QED) is 0.750. The second-order valence-electron chi connectivity index (χ2n) is 5.06. The van der Waals surface area contributed by atoms with E-state index in [1.54, 1.807) is 30.3 Å². The van der Waals surface area contributed by atoms with Crippen molar-refractivity contribution < 1.29 is 18.3 Å². The Balaban J connectivity index is 2.19. The largest absolute Gasteiger partial charge is 0.497 e. The summed E-state index contributed by atoms with van der Waals surface area (Å²) >= 11 is 0. The number of hydrogen-bond donors (Lipinski definition) is 0. The Morgan fingerprint density at radius 1 is 1.17 bits per heavy atom. The number of rotatable bonds is 6. The number of hydrogen-bond acceptors (Lipinski definition) is 3. The number of benzene rings is 2. The highest BCUT2D eigenvalue weighted by atomic mass is 19.3. The van der Waals surface area contributed by atoms with Gasteiger partial charge in [0.25, 0.3) is 0 Å². The average Bonchev–Trinajstić information content (AvgIpc) is 2.60. The van der Waals surface area contributed by atoms with Crippen molar-refractivity contribution in [1.29, 1.82) is 5.26 Å². The van der Waals surface area contributed by atoms with Gasteiger partial charge < -0.3 is 4.74 Å². The number of carbonyl (C=O) groups is 1. The topological polar surface area (TPSA) is 50.1 Å². The number of Topliss-reactive ketones (excluding diaryl/α,β-unsaturated/α-hetero) is 1. The van der Waals surface area contributed by atoms with Gasteiger partial charge in [0.2, 0.25) is 5.78 Å². The first kappa shape index (κ1) is 16.6. The van der Waals surface area contributed by atoms with E-state index in [1.807, 2.05) is 6.07 Å². The highest BCUT2D eigenvalue weighted by Gasteiger charge is 2.41. The van der Waals surface area contributed by atoms with Crippen LogP contribution in [0.25, 0.3) is 0 Å². The molecule has 2 aromatic carbocycles. The molecule has 0 saturated carbocycles. The number of carbonyl (C=O) groups excluding carboxylic acids is 1. The van der Waals surface area contributed by atoms with Crippen molar-refractivity contribution in [2.75, 3.05) is 7.11 Å². The SMILES string of the molecule is COc1ccc([C@@H](C#N)CC(F)(F)C(=O)c2ccccc2)cc1. The van der Waals surface area contributed by atoms with E-state index in [1.165, 1.54) is 31.4 Å². The minimum atomic E-state index is -3.61. The summed E-state index contributed by atoms with van der Waals surface area (Å²) in [6.07, 6.45) is -0.858. The summed E-state index contributed by atoms with van der Waals surface area (Å²) in [6.45, 7) is 0. The molecule has 0 heterocycles. The monoisotopic (exact) mass is 315 g/mol. The summed E-state index contributed by atoms with van der Waals surface area (Å²) in [5, 5.41) is 9.20. The lowest BCUT2D eigenvalue weighted by atomic mass is 9.91. The molecule has 0 bridgehead atoms. The molecule has 5 heteroatoms. The number of alkyl halides is 2. The van der Waals surface area contributed by atoms with Gasteiger partial charge in [-0.25, -0.2) is 0 Å². The van der Waals surface area contributed by atoms with Crippen LogP contribution >= 0.6 is 0 Å². The lowest BCUT2D eigenvalue weighted by molar-refractivity contribution is 0.00316. The van der Waals surface area contributed by atoms with Gasteiger partial charge in [0.15, 0.2) is 0 Å². The summed E-state index contributed by atoms with van der Waals surface area (Å²) in [6, 6.07) is 15.5. The number of ether oxygens (including phenoxy) is 1. The number of ketones is 1. The molecule has 0 aromatic heterocycles. The van der Waals surface area contributed by atoms with Crippen LogP contribution in [0.5, 0.6) is 5.75 Å². The van der Waals surface area contributed by atoms with Crippen LogP contribution in [0.4, 0.5) is 8.78 Å². The maximum absolute atomic E-state index is 14.2. The van der Waals surface area contributed by atoms with E-state index in [2.05, 4.69) is 0 Å². The van der Waals surface area contributed by atoms with Crippen molar-refractivity contribution in [2.45, 2.75) is 18.3 Å². The van der Waals surface area contributed by atoms with Crippen molar-refractivity contribution >= 4 is 5.78 Å². The van der Waals surface area contributed by atoms with Gasteiger partial charge >= 0.3 is 5.92 Å². The van der Waals surface area contributed by atoms with Crippen LogP contribution in [0.1, 0.15) is 28.3 Å².